The van der Waals surface area contributed by atoms with Gasteiger partial charge >= 0.3 is 0 Å². The Hall–Kier alpha value is -2.81. The number of benzene rings is 1. The highest BCUT2D eigenvalue weighted by Crippen LogP contribution is 2.34. The molecule has 1 aromatic carbocycles. The van der Waals surface area contributed by atoms with Crippen LogP contribution in [0, 0.1) is 11.3 Å². The first kappa shape index (κ1) is 20.5. The maximum atomic E-state index is 13.2. The summed E-state index contributed by atoms with van der Waals surface area (Å²) in [5, 5.41) is 10.4. The van der Waals surface area contributed by atoms with Gasteiger partial charge in [0, 0.05) is 17.2 Å². The molecular weight excluding hydrogens is 423 g/mol. The van der Waals surface area contributed by atoms with E-state index in [-0.39, 0.29) is 17.5 Å². The lowest BCUT2D eigenvalue weighted by Gasteiger charge is -2.31. The van der Waals surface area contributed by atoms with Crippen molar-refractivity contribution >= 4 is 41.1 Å². The van der Waals surface area contributed by atoms with Gasteiger partial charge in [-0.1, -0.05) is 36.0 Å². The Labute approximate surface area is 184 Å². The number of hydrogen-bond donors (Lipinski definition) is 0. The molecule has 0 unspecified atom stereocenters. The van der Waals surface area contributed by atoms with Gasteiger partial charge in [0.1, 0.15) is 23.2 Å². The molecule has 0 N–H and O–H groups in total. The summed E-state index contributed by atoms with van der Waals surface area (Å²) in [7, 11) is 0. The van der Waals surface area contributed by atoms with Crippen molar-refractivity contribution in [1.82, 2.24) is 4.90 Å². The van der Waals surface area contributed by atoms with Gasteiger partial charge in [0.15, 0.2) is 0 Å². The topological polar surface area (TPSA) is 74.3 Å². The first-order chi connectivity index (χ1) is 14.4. The second-order valence-electron chi connectivity index (χ2n) is 7.42. The minimum absolute atomic E-state index is 0.00372. The molecule has 0 bridgehead atoms. The maximum absolute atomic E-state index is 13.2. The van der Waals surface area contributed by atoms with Gasteiger partial charge in [-0.2, -0.15) is 5.26 Å². The van der Waals surface area contributed by atoms with E-state index >= 15 is 0 Å². The molecule has 2 amide bonds. The standard InChI is InChI=1S/C23H18Cl2N2O3/c1-13-17(22(28)27(15-4-2-3-5-15)23(29)18(13)12-26)11-16-7-9-21(30-16)14-6-8-19(24)20(25)10-14/h6-11,15H,2-5H2,1H3/b17-11+. The molecule has 1 fully saturated rings. The summed E-state index contributed by atoms with van der Waals surface area (Å²) in [6.45, 7) is 1.62. The van der Waals surface area contributed by atoms with Crippen LogP contribution in [0.25, 0.3) is 17.4 Å². The molecule has 1 saturated carbocycles. The first-order valence-electron chi connectivity index (χ1n) is 9.67. The van der Waals surface area contributed by atoms with Gasteiger partial charge in [-0.15, -0.1) is 0 Å². The summed E-state index contributed by atoms with van der Waals surface area (Å²) in [5.74, 6) is 0.127. The number of amides is 2. The minimum atomic E-state index is -0.500. The zero-order valence-corrected chi connectivity index (χ0v) is 17.8. The highest BCUT2D eigenvalue weighted by atomic mass is 35.5. The highest BCUT2D eigenvalue weighted by molar-refractivity contribution is 6.42. The predicted molar refractivity (Wildman–Crippen MR) is 115 cm³/mol. The number of nitrogens with zero attached hydrogens (tertiary/aromatic N) is 2. The van der Waals surface area contributed by atoms with Gasteiger partial charge in [0.2, 0.25) is 0 Å². The van der Waals surface area contributed by atoms with Crippen molar-refractivity contribution < 1.29 is 14.0 Å². The zero-order valence-electron chi connectivity index (χ0n) is 16.2. The molecule has 5 nitrogen and oxygen atoms in total. The summed E-state index contributed by atoms with van der Waals surface area (Å²) in [5.41, 5.74) is 1.42. The van der Waals surface area contributed by atoms with Crippen LogP contribution < -0.4 is 0 Å². The summed E-state index contributed by atoms with van der Waals surface area (Å²) in [4.78, 5) is 27.2. The first-order valence-corrected chi connectivity index (χ1v) is 10.4. The molecular formula is C23H18Cl2N2O3. The van der Waals surface area contributed by atoms with Gasteiger partial charge in [0.25, 0.3) is 11.8 Å². The number of imide groups is 1. The SMILES string of the molecule is CC1=C(C#N)C(=O)N(C2CCCC2)C(=O)/C1=C/c1ccc(-c2ccc(Cl)c(Cl)c2)o1. The van der Waals surface area contributed by atoms with Crippen molar-refractivity contribution in [1.29, 1.82) is 5.26 Å². The van der Waals surface area contributed by atoms with E-state index < -0.39 is 5.91 Å². The van der Waals surface area contributed by atoms with E-state index in [0.29, 0.717) is 32.7 Å². The van der Waals surface area contributed by atoms with Gasteiger partial charge < -0.3 is 4.42 Å². The maximum Gasteiger partial charge on any atom is 0.271 e. The number of carbonyl (C=O) groups is 2. The lowest BCUT2D eigenvalue weighted by molar-refractivity contribution is -0.143. The predicted octanol–water partition coefficient (Wildman–Crippen LogP) is 5.79. The molecule has 152 valence electrons. The Morgan fingerprint density at radius 2 is 1.83 bits per heavy atom. The van der Waals surface area contributed by atoms with Crippen molar-refractivity contribution in [3.63, 3.8) is 0 Å². The Balaban J connectivity index is 1.73. The van der Waals surface area contributed by atoms with Crippen LogP contribution in [0.4, 0.5) is 0 Å². The fraction of sp³-hybridized carbons (Fsp3) is 0.261. The molecule has 0 radical (unpaired) electrons. The largest absolute Gasteiger partial charge is 0.457 e. The van der Waals surface area contributed by atoms with Crippen LogP contribution in [-0.2, 0) is 9.59 Å². The van der Waals surface area contributed by atoms with Crippen LogP contribution >= 0.6 is 23.2 Å². The van der Waals surface area contributed by atoms with Crippen LogP contribution in [0.3, 0.4) is 0 Å². The number of halogens is 2. The van der Waals surface area contributed by atoms with Crippen molar-refractivity contribution in [3.8, 4) is 17.4 Å². The van der Waals surface area contributed by atoms with E-state index in [0.717, 1.165) is 31.2 Å². The zero-order chi connectivity index (χ0) is 21.4. The van der Waals surface area contributed by atoms with Crippen LogP contribution in [0.1, 0.15) is 38.4 Å². The summed E-state index contributed by atoms with van der Waals surface area (Å²) < 4.78 is 5.88. The second kappa shape index (κ2) is 8.14. The van der Waals surface area contributed by atoms with E-state index in [4.69, 9.17) is 27.6 Å². The number of hydrogen-bond acceptors (Lipinski definition) is 4. The van der Waals surface area contributed by atoms with E-state index in [1.165, 1.54) is 4.90 Å². The third-order valence-electron chi connectivity index (χ3n) is 5.58. The molecule has 2 aliphatic rings. The molecule has 2 aromatic rings. The average Bonchev–Trinajstić information content (AvgIpc) is 3.40. The normalized spacial score (nSPS) is 19.1. The lowest BCUT2D eigenvalue weighted by Crippen LogP contribution is -2.47. The van der Waals surface area contributed by atoms with E-state index in [9.17, 15) is 14.9 Å². The van der Waals surface area contributed by atoms with E-state index in [2.05, 4.69) is 0 Å². The third kappa shape index (κ3) is 3.58. The molecule has 7 heteroatoms. The lowest BCUT2D eigenvalue weighted by atomic mass is 9.93. The van der Waals surface area contributed by atoms with Gasteiger partial charge in [-0.25, -0.2) is 0 Å². The Bertz CT molecular complexity index is 1150. The second-order valence-corrected chi connectivity index (χ2v) is 8.23. The van der Waals surface area contributed by atoms with Gasteiger partial charge in [0.05, 0.1) is 10.0 Å². The monoisotopic (exact) mass is 440 g/mol. The number of nitriles is 1. The highest BCUT2D eigenvalue weighted by Gasteiger charge is 2.40. The number of furan rings is 1. The molecule has 1 aliphatic carbocycles. The van der Waals surface area contributed by atoms with Crippen LogP contribution in [0.15, 0.2) is 51.5 Å². The molecule has 0 atom stereocenters. The van der Waals surface area contributed by atoms with Gasteiger partial charge in [-0.05, 0) is 61.7 Å². The smallest absolute Gasteiger partial charge is 0.271 e. The van der Waals surface area contributed by atoms with E-state index in [1.807, 2.05) is 6.07 Å². The molecule has 1 aromatic heterocycles. The van der Waals surface area contributed by atoms with E-state index in [1.54, 1.807) is 43.3 Å². The summed E-state index contributed by atoms with van der Waals surface area (Å²) in [6, 6.07) is 10.5. The Kier molecular flexibility index (Phi) is 5.55. The minimum Gasteiger partial charge on any atom is -0.457 e. The Morgan fingerprint density at radius 3 is 2.50 bits per heavy atom. The molecule has 0 spiro atoms. The van der Waals surface area contributed by atoms with Crippen LogP contribution in [-0.4, -0.2) is 22.8 Å². The fourth-order valence-corrected chi connectivity index (χ4v) is 4.27. The van der Waals surface area contributed by atoms with Crippen LogP contribution in [0.2, 0.25) is 10.0 Å². The van der Waals surface area contributed by atoms with Crippen molar-refractivity contribution in [2.24, 2.45) is 0 Å². The molecule has 30 heavy (non-hydrogen) atoms. The molecule has 4 rings (SSSR count). The molecule has 0 saturated heterocycles. The number of rotatable bonds is 3. The summed E-state index contributed by atoms with van der Waals surface area (Å²) in [6.07, 6.45) is 5.06. The average molecular weight is 441 g/mol. The van der Waals surface area contributed by atoms with Crippen molar-refractivity contribution in [2.75, 3.05) is 0 Å². The number of carbonyl (C=O) groups excluding carboxylic acids is 2. The Morgan fingerprint density at radius 1 is 1.10 bits per heavy atom. The summed E-state index contributed by atoms with van der Waals surface area (Å²) >= 11 is 12.1. The molecule has 1 aliphatic heterocycles. The van der Waals surface area contributed by atoms with Crippen molar-refractivity contribution in [2.45, 2.75) is 38.6 Å². The van der Waals surface area contributed by atoms with Crippen LogP contribution in [0.5, 0.6) is 0 Å². The van der Waals surface area contributed by atoms with Gasteiger partial charge in [-0.3, -0.25) is 14.5 Å². The quantitative estimate of drug-likeness (QED) is 0.447. The third-order valence-corrected chi connectivity index (χ3v) is 6.32. The van der Waals surface area contributed by atoms with Crippen molar-refractivity contribution in [3.05, 3.63) is 62.9 Å². The molecule has 2 heterocycles. The fourth-order valence-electron chi connectivity index (χ4n) is 3.97.